The normalized spacial score (nSPS) is 9.35. The van der Waals surface area contributed by atoms with Crippen molar-refractivity contribution in [2.75, 3.05) is 0 Å². The largest absolute Gasteiger partial charge is 0.426 e. The van der Waals surface area contributed by atoms with E-state index in [1.165, 1.54) is 0 Å². The van der Waals surface area contributed by atoms with Gasteiger partial charge in [-0.1, -0.05) is 33.4 Å². The molecular weight excluding hydrogens is 258 g/mol. The van der Waals surface area contributed by atoms with Gasteiger partial charge in [0.25, 0.3) is 0 Å². The molecule has 0 aliphatic heterocycles. The molecule has 0 spiro atoms. The van der Waals surface area contributed by atoms with E-state index in [0.717, 1.165) is 4.57 Å². The van der Waals surface area contributed by atoms with Gasteiger partial charge < -0.3 is 9.21 Å². The fraction of sp³-hybridized carbons (Fsp3) is 0.400. The molecule has 1 heterocycles. The van der Waals surface area contributed by atoms with E-state index in [2.05, 4.69) is 0 Å². The molecule has 2 rings (SSSR count). The summed E-state index contributed by atoms with van der Waals surface area (Å²) in [5, 5.41) is 0. The first-order chi connectivity index (χ1) is 9.01. The Morgan fingerprint density at radius 2 is 1.70 bits per heavy atom. The van der Waals surface area contributed by atoms with Crippen molar-refractivity contribution in [2.24, 2.45) is 0 Å². The second-order valence-electron chi connectivity index (χ2n) is 3.97. The molecule has 0 amide bonds. The van der Waals surface area contributed by atoms with Crippen LogP contribution in [0.3, 0.4) is 0 Å². The van der Waals surface area contributed by atoms with E-state index in [0.29, 0.717) is 17.5 Å². The predicted molar refractivity (Wildman–Crippen MR) is 79.1 cm³/mol. The first-order valence-corrected chi connectivity index (χ1v) is 6.14. The Hall–Kier alpha value is -2.17. The van der Waals surface area contributed by atoms with E-state index in [4.69, 9.17) is 4.42 Å². The molecule has 0 aliphatic rings. The lowest BCUT2D eigenvalue weighted by Crippen LogP contribution is -2.21. The van der Waals surface area contributed by atoms with Gasteiger partial charge in [-0.15, -0.1) is 0 Å². The van der Waals surface area contributed by atoms with Crippen molar-refractivity contribution in [2.45, 2.75) is 41.0 Å². The van der Waals surface area contributed by atoms with Crippen molar-refractivity contribution in [1.29, 1.82) is 0 Å². The molecule has 0 radical (unpaired) electrons. The Kier molecular flexibility index (Phi) is 7.21. The molecule has 0 aliphatic carbocycles. The van der Waals surface area contributed by atoms with Crippen LogP contribution in [0.1, 0.15) is 45.8 Å². The van der Waals surface area contributed by atoms with E-state index in [1.54, 1.807) is 38.1 Å². The lowest BCUT2D eigenvalue weighted by Gasteiger charge is -1.95. The summed E-state index contributed by atoms with van der Waals surface area (Å²) in [5.74, 6) is -0.608. The zero-order valence-electron chi connectivity index (χ0n) is 11.3. The number of fused-ring (bicyclic) bond motifs is 1. The molecule has 0 bridgehead atoms. The Morgan fingerprint density at radius 3 is 2.20 bits per heavy atom. The van der Waals surface area contributed by atoms with Crippen molar-refractivity contribution >= 4 is 22.8 Å². The summed E-state index contributed by atoms with van der Waals surface area (Å²) in [4.78, 5) is 32.5. The fourth-order valence-electron chi connectivity index (χ4n) is 1.36. The molecule has 20 heavy (non-hydrogen) atoms. The fourth-order valence-corrected chi connectivity index (χ4v) is 1.36. The quantitative estimate of drug-likeness (QED) is 0.846. The van der Waals surface area contributed by atoms with Gasteiger partial charge in [-0.25, -0.2) is 9.36 Å². The monoisotopic (exact) mass is 279 g/mol. The molecule has 0 N–H and O–H groups in total. The average molecular weight is 279 g/mol. The van der Waals surface area contributed by atoms with Gasteiger partial charge in [-0.2, -0.15) is 0 Å². The molecule has 0 saturated heterocycles. The number of hydrogen-bond donors (Lipinski definition) is 0. The lowest BCUT2D eigenvalue weighted by molar-refractivity contribution is -0.116. The van der Waals surface area contributed by atoms with Gasteiger partial charge in [0, 0.05) is 12.8 Å². The summed E-state index contributed by atoms with van der Waals surface area (Å²) in [7, 11) is 0. The van der Waals surface area contributed by atoms with Crippen molar-refractivity contribution in [3.63, 3.8) is 0 Å². The number of oxazole rings is 1. The molecule has 0 saturated carbocycles. The molecule has 2 aromatic rings. The van der Waals surface area contributed by atoms with Gasteiger partial charge in [-0.3, -0.25) is 4.79 Å². The Balaban J connectivity index is 0.000000526. The Morgan fingerprint density at radius 1 is 1.15 bits per heavy atom. The van der Waals surface area contributed by atoms with Crippen LogP contribution in [0, 0.1) is 0 Å². The minimum absolute atomic E-state index is 0. The van der Waals surface area contributed by atoms with Gasteiger partial charge in [0.15, 0.2) is 5.58 Å². The standard InChI is InChI=1S/C10H9NO3.C4H8O.CH4/c1-2-9(12)11-7-5-3-4-6-8(7)14-10(11)13;1-3-4(2)5;/h3-6H,2H2,1H3;3H2,1-2H3;1H4. The molecule has 1 aromatic carbocycles. The number of Topliss-reactive ketones (excluding diaryl/α,β-unsaturated/α-hetero) is 1. The highest BCUT2D eigenvalue weighted by Gasteiger charge is 2.13. The van der Waals surface area contributed by atoms with Crippen molar-refractivity contribution in [3.8, 4) is 0 Å². The van der Waals surface area contributed by atoms with Crippen LogP contribution in [0.25, 0.3) is 11.1 Å². The highest BCUT2D eigenvalue weighted by Crippen LogP contribution is 2.11. The number of hydrogen-bond acceptors (Lipinski definition) is 4. The number of ketones is 1. The summed E-state index contributed by atoms with van der Waals surface area (Å²) in [5.41, 5.74) is 0.976. The summed E-state index contributed by atoms with van der Waals surface area (Å²) in [6.07, 6.45) is 0.948. The lowest BCUT2D eigenvalue weighted by atomic mass is 10.3. The maximum atomic E-state index is 11.4. The minimum Gasteiger partial charge on any atom is -0.407 e. The maximum Gasteiger partial charge on any atom is 0.426 e. The predicted octanol–water partition coefficient (Wildman–Crippen LogP) is 3.27. The number of rotatable bonds is 2. The highest BCUT2D eigenvalue weighted by atomic mass is 16.4. The number of nitrogens with zero attached hydrogens (tertiary/aromatic N) is 1. The van der Waals surface area contributed by atoms with Crippen LogP contribution in [0.15, 0.2) is 33.5 Å². The second kappa shape index (κ2) is 8.09. The molecular formula is C15H21NO4. The van der Waals surface area contributed by atoms with Crippen LogP contribution in [0.2, 0.25) is 0 Å². The number of carbonyl (C=O) groups is 2. The van der Waals surface area contributed by atoms with Crippen molar-refractivity contribution in [3.05, 3.63) is 34.8 Å². The maximum absolute atomic E-state index is 11.4. The molecule has 0 fully saturated rings. The number of para-hydroxylation sites is 2. The van der Waals surface area contributed by atoms with E-state index < -0.39 is 5.76 Å². The van der Waals surface area contributed by atoms with Gasteiger partial charge in [0.1, 0.15) is 5.78 Å². The third kappa shape index (κ3) is 4.19. The zero-order valence-corrected chi connectivity index (χ0v) is 11.3. The smallest absolute Gasteiger partial charge is 0.407 e. The van der Waals surface area contributed by atoms with Gasteiger partial charge in [0.2, 0.25) is 5.91 Å². The molecule has 5 heteroatoms. The van der Waals surface area contributed by atoms with Crippen molar-refractivity contribution in [1.82, 2.24) is 4.57 Å². The van der Waals surface area contributed by atoms with E-state index in [-0.39, 0.29) is 25.5 Å². The Bertz CT molecular complexity index is 637. The van der Waals surface area contributed by atoms with Crippen LogP contribution < -0.4 is 5.76 Å². The first kappa shape index (κ1) is 17.8. The van der Waals surface area contributed by atoms with Crippen LogP contribution in [0.5, 0.6) is 0 Å². The van der Waals surface area contributed by atoms with E-state index in [9.17, 15) is 14.4 Å². The number of aromatic nitrogens is 1. The van der Waals surface area contributed by atoms with E-state index >= 15 is 0 Å². The zero-order chi connectivity index (χ0) is 14.4. The summed E-state index contributed by atoms with van der Waals surface area (Å²) >= 11 is 0. The minimum atomic E-state index is -0.613. The number of benzene rings is 1. The van der Waals surface area contributed by atoms with Gasteiger partial charge in [-0.05, 0) is 19.1 Å². The molecule has 1 aromatic heterocycles. The molecule has 0 atom stereocenters. The summed E-state index contributed by atoms with van der Waals surface area (Å²) in [6, 6.07) is 6.87. The molecule has 0 unspecified atom stereocenters. The Labute approximate surface area is 118 Å². The topological polar surface area (TPSA) is 69.3 Å². The highest BCUT2D eigenvalue weighted by molar-refractivity contribution is 5.88. The van der Waals surface area contributed by atoms with Gasteiger partial charge in [0.05, 0.1) is 5.52 Å². The first-order valence-electron chi connectivity index (χ1n) is 6.14. The molecule has 110 valence electrons. The third-order valence-corrected chi connectivity index (χ3v) is 2.54. The second-order valence-corrected chi connectivity index (χ2v) is 3.97. The van der Waals surface area contributed by atoms with Crippen LogP contribution in [-0.4, -0.2) is 16.3 Å². The van der Waals surface area contributed by atoms with Crippen molar-refractivity contribution < 1.29 is 14.0 Å². The molecule has 5 nitrogen and oxygen atoms in total. The van der Waals surface area contributed by atoms with Crippen LogP contribution in [0.4, 0.5) is 0 Å². The number of carbonyl (C=O) groups excluding carboxylic acids is 2. The van der Waals surface area contributed by atoms with Crippen LogP contribution in [-0.2, 0) is 4.79 Å². The SMILES string of the molecule is C.CCC(=O)n1c(=O)oc2ccccc21.CCC(C)=O. The van der Waals surface area contributed by atoms with Crippen LogP contribution >= 0.6 is 0 Å². The summed E-state index contributed by atoms with van der Waals surface area (Å²) in [6.45, 7) is 5.14. The average Bonchev–Trinajstić information content (AvgIpc) is 2.74. The third-order valence-electron chi connectivity index (χ3n) is 2.54. The summed E-state index contributed by atoms with van der Waals surface area (Å²) < 4.78 is 5.97. The van der Waals surface area contributed by atoms with E-state index in [1.807, 2.05) is 6.92 Å². The van der Waals surface area contributed by atoms with Gasteiger partial charge >= 0.3 is 5.76 Å².